The van der Waals surface area contributed by atoms with Gasteiger partial charge in [0, 0.05) is 22.5 Å². The second kappa shape index (κ2) is 7.55. The van der Waals surface area contributed by atoms with E-state index in [9.17, 15) is 14.7 Å². The molecule has 1 aromatic heterocycles. The smallest absolute Gasteiger partial charge is 0.342 e. The number of furan rings is 1. The average Bonchev–Trinajstić information content (AvgIpc) is 3.10. The zero-order valence-electron chi connectivity index (χ0n) is 15.5. The van der Waals surface area contributed by atoms with Crippen LogP contribution in [0, 0.1) is 0 Å². The monoisotopic (exact) mass is 391 g/mol. The number of benzene rings is 3. The van der Waals surface area contributed by atoms with E-state index in [-0.39, 0.29) is 11.3 Å². The van der Waals surface area contributed by atoms with Gasteiger partial charge in [-0.2, -0.15) is 0 Å². The quantitative estimate of drug-likeness (QED) is 0.497. The maximum absolute atomic E-state index is 12.2. The van der Waals surface area contributed by atoms with Crippen LogP contribution in [-0.4, -0.2) is 30.7 Å². The first-order valence-corrected chi connectivity index (χ1v) is 8.80. The average molecular weight is 391 g/mol. The van der Waals surface area contributed by atoms with Crippen LogP contribution in [0.15, 0.2) is 65.1 Å². The van der Waals surface area contributed by atoms with E-state index >= 15 is 0 Å². The summed E-state index contributed by atoms with van der Waals surface area (Å²) < 4.78 is 15.7. The Bertz CT molecular complexity index is 1230. The minimum absolute atomic E-state index is 0.0510. The summed E-state index contributed by atoms with van der Waals surface area (Å²) in [6.45, 7) is -0.492. The standard InChI is InChI=1S/C22H17NO6/c1-27-14-7-8-16(18(24)11-14)22(26)28-12-21(25)23-13-6-9-20-17(10-13)15-4-2-3-5-19(15)29-20/h2-11,24H,12H2,1H3,(H,23,25). The van der Waals surface area contributed by atoms with Crippen molar-refractivity contribution in [3.63, 3.8) is 0 Å². The summed E-state index contributed by atoms with van der Waals surface area (Å²) in [5.74, 6) is -1.19. The van der Waals surface area contributed by atoms with E-state index in [0.29, 0.717) is 17.0 Å². The lowest BCUT2D eigenvalue weighted by Crippen LogP contribution is -2.21. The summed E-state index contributed by atoms with van der Waals surface area (Å²) in [4.78, 5) is 24.3. The number of phenolic OH excluding ortho intramolecular Hbond substituents is 1. The fourth-order valence-electron chi connectivity index (χ4n) is 3.02. The van der Waals surface area contributed by atoms with Gasteiger partial charge in [-0.05, 0) is 36.4 Å². The van der Waals surface area contributed by atoms with Crippen molar-refractivity contribution in [1.82, 2.24) is 0 Å². The van der Waals surface area contributed by atoms with Crippen molar-refractivity contribution in [3.8, 4) is 11.5 Å². The molecule has 0 aliphatic rings. The van der Waals surface area contributed by atoms with Gasteiger partial charge in [0.15, 0.2) is 6.61 Å². The molecule has 0 unspecified atom stereocenters. The topological polar surface area (TPSA) is 98.0 Å². The van der Waals surface area contributed by atoms with Crippen LogP contribution in [0.1, 0.15) is 10.4 Å². The highest BCUT2D eigenvalue weighted by molar-refractivity contribution is 6.07. The number of phenols is 1. The van der Waals surface area contributed by atoms with Gasteiger partial charge in [-0.15, -0.1) is 0 Å². The molecule has 0 fully saturated rings. The van der Waals surface area contributed by atoms with E-state index in [0.717, 1.165) is 16.4 Å². The molecule has 0 spiro atoms. The molecule has 0 saturated carbocycles. The zero-order valence-corrected chi connectivity index (χ0v) is 15.5. The Hall–Kier alpha value is -4.00. The van der Waals surface area contributed by atoms with Gasteiger partial charge in [0.1, 0.15) is 28.2 Å². The number of fused-ring (bicyclic) bond motifs is 3. The minimum Gasteiger partial charge on any atom is -0.507 e. The largest absolute Gasteiger partial charge is 0.507 e. The second-order valence-corrected chi connectivity index (χ2v) is 6.32. The number of methoxy groups -OCH3 is 1. The Morgan fingerprint density at radius 3 is 2.59 bits per heavy atom. The first kappa shape index (κ1) is 18.4. The summed E-state index contributed by atoms with van der Waals surface area (Å²) in [5, 5.41) is 14.4. The predicted molar refractivity (Wildman–Crippen MR) is 107 cm³/mol. The van der Waals surface area contributed by atoms with Gasteiger partial charge in [-0.25, -0.2) is 4.79 Å². The van der Waals surface area contributed by atoms with Crippen LogP contribution < -0.4 is 10.1 Å². The normalized spacial score (nSPS) is 10.8. The van der Waals surface area contributed by atoms with Crippen molar-refractivity contribution in [3.05, 3.63) is 66.2 Å². The van der Waals surface area contributed by atoms with Gasteiger partial charge >= 0.3 is 5.97 Å². The van der Waals surface area contributed by atoms with Crippen molar-refractivity contribution in [2.75, 3.05) is 19.0 Å². The number of hydrogen-bond donors (Lipinski definition) is 2. The van der Waals surface area contributed by atoms with Crippen LogP contribution in [0.3, 0.4) is 0 Å². The number of anilines is 1. The third kappa shape index (κ3) is 3.70. The first-order chi connectivity index (χ1) is 14.0. The molecule has 1 heterocycles. The number of hydrogen-bond acceptors (Lipinski definition) is 6. The highest BCUT2D eigenvalue weighted by Crippen LogP contribution is 2.30. The zero-order chi connectivity index (χ0) is 20.4. The third-order valence-corrected chi connectivity index (χ3v) is 4.42. The van der Waals surface area contributed by atoms with Crippen LogP contribution in [0.4, 0.5) is 5.69 Å². The molecule has 4 aromatic rings. The van der Waals surface area contributed by atoms with Crippen molar-refractivity contribution < 1.29 is 28.6 Å². The lowest BCUT2D eigenvalue weighted by molar-refractivity contribution is -0.119. The van der Waals surface area contributed by atoms with E-state index in [2.05, 4.69) is 5.32 Å². The minimum atomic E-state index is -0.809. The van der Waals surface area contributed by atoms with Gasteiger partial charge in [-0.3, -0.25) is 4.79 Å². The summed E-state index contributed by atoms with van der Waals surface area (Å²) in [7, 11) is 1.45. The van der Waals surface area contributed by atoms with E-state index in [1.54, 1.807) is 18.2 Å². The molecule has 0 aliphatic heterocycles. The fourth-order valence-corrected chi connectivity index (χ4v) is 3.02. The number of aromatic hydroxyl groups is 1. The molecule has 0 saturated heterocycles. The lowest BCUT2D eigenvalue weighted by atomic mass is 10.1. The van der Waals surface area contributed by atoms with Gasteiger partial charge in [0.05, 0.1) is 7.11 Å². The van der Waals surface area contributed by atoms with Crippen LogP contribution in [0.5, 0.6) is 11.5 Å². The maximum atomic E-state index is 12.2. The lowest BCUT2D eigenvalue weighted by Gasteiger charge is -2.08. The summed E-state index contributed by atoms with van der Waals surface area (Å²) >= 11 is 0. The molecule has 0 atom stereocenters. The molecule has 29 heavy (non-hydrogen) atoms. The molecule has 146 valence electrons. The molecule has 0 radical (unpaired) electrons. The highest BCUT2D eigenvalue weighted by atomic mass is 16.5. The Morgan fingerprint density at radius 1 is 1.00 bits per heavy atom. The van der Waals surface area contributed by atoms with Gasteiger partial charge < -0.3 is 24.3 Å². The number of rotatable bonds is 5. The van der Waals surface area contributed by atoms with Crippen LogP contribution in [0.2, 0.25) is 0 Å². The van der Waals surface area contributed by atoms with Crippen molar-refractivity contribution >= 4 is 39.5 Å². The van der Waals surface area contributed by atoms with Crippen molar-refractivity contribution in [1.29, 1.82) is 0 Å². The summed E-state index contributed by atoms with van der Waals surface area (Å²) in [6.07, 6.45) is 0. The van der Waals surface area contributed by atoms with E-state index in [1.165, 1.54) is 25.3 Å². The summed E-state index contributed by atoms with van der Waals surface area (Å²) in [6, 6.07) is 17.1. The van der Waals surface area contributed by atoms with Crippen molar-refractivity contribution in [2.24, 2.45) is 0 Å². The van der Waals surface area contributed by atoms with E-state index in [4.69, 9.17) is 13.9 Å². The Morgan fingerprint density at radius 2 is 1.79 bits per heavy atom. The SMILES string of the molecule is COc1ccc(C(=O)OCC(=O)Nc2ccc3oc4ccccc4c3c2)c(O)c1. The Kier molecular flexibility index (Phi) is 4.78. The molecule has 4 rings (SSSR count). The summed E-state index contributed by atoms with van der Waals surface area (Å²) in [5.41, 5.74) is 1.98. The molecule has 0 aliphatic carbocycles. The van der Waals surface area contributed by atoms with Gasteiger partial charge in [0.2, 0.25) is 0 Å². The van der Waals surface area contributed by atoms with E-state index < -0.39 is 18.5 Å². The number of carbonyl (C=O) groups excluding carboxylic acids is 2. The number of carbonyl (C=O) groups is 2. The Labute approximate surface area is 165 Å². The molecule has 1 amide bonds. The number of ether oxygens (including phenoxy) is 2. The van der Waals surface area contributed by atoms with Gasteiger partial charge in [0.25, 0.3) is 5.91 Å². The van der Waals surface area contributed by atoms with Crippen LogP contribution in [0.25, 0.3) is 21.9 Å². The second-order valence-electron chi connectivity index (χ2n) is 6.32. The molecular weight excluding hydrogens is 374 g/mol. The van der Waals surface area contributed by atoms with Gasteiger partial charge in [-0.1, -0.05) is 18.2 Å². The van der Waals surface area contributed by atoms with Crippen LogP contribution in [-0.2, 0) is 9.53 Å². The molecule has 0 bridgehead atoms. The first-order valence-electron chi connectivity index (χ1n) is 8.80. The van der Waals surface area contributed by atoms with Crippen LogP contribution >= 0.6 is 0 Å². The van der Waals surface area contributed by atoms with E-state index in [1.807, 2.05) is 24.3 Å². The molecular formula is C22H17NO6. The number of esters is 1. The predicted octanol–water partition coefficient (Wildman–Crippen LogP) is 4.10. The number of para-hydroxylation sites is 1. The van der Waals surface area contributed by atoms with Crippen molar-refractivity contribution in [2.45, 2.75) is 0 Å². The molecule has 2 N–H and O–H groups in total. The number of nitrogens with one attached hydrogen (secondary N) is 1. The molecule has 3 aromatic carbocycles. The molecule has 7 nitrogen and oxygen atoms in total. The Balaban J connectivity index is 1.43. The maximum Gasteiger partial charge on any atom is 0.342 e. The fraction of sp³-hybridized carbons (Fsp3) is 0.0909. The molecule has 7 heteroatoms. The number of amides is 1. The highest BCUT2D eigenvalue weighted by Gasteiger charge is 2.15. The third-order valence-electron chi connectivity index (χ3n) is 4.42.